The summed E-state index contributed by atoms with van der Waals surface area (Å²) in [6.07, 6.45) is 0. The summed E-state index contributed by atoms with van der Waals surface area (Å²) < 4.78 is 27.7. The number of aliphatic imine (C=N–C) groups is 1. The molecule has 8 heteroatoms. The average molecular weight is 368 g/mol. The van der Waals surface area contributed by atoms with Crippen LogP contribution in [0.25, 0.3) is 0 Å². The Balaban J connectivity index is 2.30. The number of benzene rings is 1. The average Bonchev–Trinajstić information content (AvgIpc) is 2.55. The van der Waals surface area contributed by atoms with E-state index < -0.39 is 10.0 Å². The lowest BCUT2D eigenvalue weighted by Crippen LogP contribution is -2.47. The molecule has 0 amide bonds. The van der Waals surface area contributed by atoms with Crippen molar-refractivity contribution in [3.05, 3.63) is 29.8 Å². The van der Waals surface area contributed by atoms with E-state index in [0.717, 1.165) is 24.6 Å². The van der Waals surface area contributed by atoms with E-state index in [2.05, 4.69) is 9.89 Å². The highest BCUT2D eigenvalue weighted by Crippen LogP contribution is 2.22. The van der Waals surface area contributed by atoms with E-state index in [1.54, 1.807) is 16.4 Å². The zero-order valence-corrected chi connectivity index (χ0v) is 16.6. The fourth-order valence-corrected chi connectivity index (χ4v) is 4.53. The lowest BCUT2D eigenvalue weighted by atomic mass is 10.2. The van der Waals surface area contributed by atoms with Gasteiger partial charge in [-0.05, 0) is 18.7 Å². The maximum Gasteiger partial charge on any atom is 0.243 e. The van der Waals surface area contributed by atoms with E-state index in [0.29, 0.717) is 24.5 Å². The minimum Gasteiger partial charge on any atom is -0.349 e. The van der Waals surface area contributed by atoms with Crippen molar-refractivity contribution in [2.24, 2.45) is 4.99 Å². The van der Waals surface area contributed by atoms with E-state index in [4.69, 9.17) is 0 Å². The van der Waals surface area contributed by atoms with Gasteiger partial charge in [0, 0.05) is 54.4 Å². The summed E-state index contributed by atoms with van der Waals surface area (Å²) in [7, 11) is 6.21. The third-order valence-electron chi connectivity index (χ3n) is 4.24. The van der Waals surface area contributed by atoms with Gasteiger partial charge in [-0.3, -0.25) is 0 Å². The summed E-state index contributed by atoms with van der Waals surface area (Å²) in [6.45, 7) is 2.89. The molecule has 0 saturated carbocycles. The summed E-state index contributed by atoms with van der Waals surface area (Å²) in [5.74, 6) is 0.798. The van der Waals surface area contributed by atoms with Crippen molar-refractivity contribution in [3.8, 4) is 0 Å². The summed E-state index contributed by atoms with van der Waals surface area (Å²) >= 11 is 0. The lowest BCUT2D eigenvalue weighted by molar-refractivity contribution is 0.222. The fourth-order valence-electron chi connectivity index (χ4n) is 2.89. The fraction of sp³-hybridized carbons (Fsp3) is 0.588. The topological polar surface area (TPSA) is 59.5 Å². The third-order valence-corrected chi connectivity index (χ3v) is 6.24. The number of nitrogens with zero attached hydrogens (tertiary/aromatic N) is 5. The van der Waals surface area contributed by atoms with E-state index >= 15 is 0 Å². The van der Waals surface area contributed by atoms with Crippen LogP contribution < -0.4 is 0 Å². The van der Waals surface area contributed by atoms with Crippen molar-refractivity contribution in [3.63, 3.8) is 0 Å². The molecule has 0 aromatic heterocycles. The molecule has 1 aromatic rings. The number of sulfonamides is 1. The molecular weight excluding hydrogens is 338 g/mol. The summed E-state index contributed by atoms with van der Waals surface area (Å²) in [5, 5.41) is 0. The van der Waals surface area contributed by atoms with Crippen LogP contribution in [0.4, 0.5) is 0 Å². The van der Waals surface area contributed by atoms with Gasteiger partial charge < -0.3 is 14.7 Å². The quantitative estimate of drug-likeness (QED) is 0.576. The molecule has 0 unspecified atom stereocenters. The van der Waals surface area contributed by atoms with Gasteiger partial charge in [-0.15, -0.1) is 0 Å². The Labute approximate surface area is 151 Å². The molecule has 0 atom stereocenters. The maximum absolute atomic E-state index is 13.1. The standard InChI is InChI=1S/C17H29N5O2S/c1-19(2)17(20(3)4)18-14-15-8-6-7-9-16(15)25(23,24)22-12-10-21(5)11-13-22/h6-9H,10-14H2,1-5H3. The molecule has 2 rings (SSSR count). The Morgan fingerprint density at radius 2 is 1.60 bits per heavy atom. The Hall–Kier alpha value is -1.64. The Bertz CT molecular complexity index is 698. The lowest BCUT2D eigenvalue weighted by Gasteiger charge is -2.32. The number of hydrogen-bond donors (Lipinski definition) is 0. The van der Waals surface area contributed by atoms with Crippen molar-refractivity contribution in [2.75, 3.05) is 61.4 Å². The predicted molar refractivity (Wildman–Crippen MR) is 101 cm³/mol. The highest BCUT2D eigenvalue weighted by atomic mass is 32.2. The molecule has 1 heterocycles. The van der Waals surface area contributed by atoms with Gasteiger partial charge in [0.25, 0.3) is 0 Å². The first-order valence-corrected chi connectivity index (χ1v) is 9.83. The first-order valence-electron chi connectivity index (χ1n) is 8.39. The van der Waals surface area contributed by atoms with Crippen LogP contribution in [-0.4, -0.2) is 94.8 Å². The molecule has 1 aliphatic rings. The van der Waals surface area contributed by atoms with Gasteiger partial charge in [0.15, 0.2) is 5.96 Å². The van der Waals surface area contributed by atoms with Crippen LogP contribution >= 0.6 is 0 Å². The molecule has 0 spiro atoms. The molecule has 1 aliphatic heterocycles. The minimum atomic E-state index is -3.49. The molecule has 0 N–H and O–H groups in total. The number of rotatable bonds is 4. The van der Waals surface area contributed by atoms with Crippen molar-refractivity contribution in [1.29, 1.82) is 0 Å². The van der Waals surface area contributed by atoms with Crippen LogP contribution in [-0.2, 0) is 16.6 Å². The molecule has 0 radical (unpaired) electrons. The van der Waals surface area contributed by atoms with Gasteiger partial charge in [-0.2, -0.15) is 4.31 Å². The van der Waals surface area contributed by atoms with Gasteiger partial charge in [-0.25, -0.2) is 13.4 Å². The van der Waals surface area contributed by atoms with Gasteiger partial charge >= 0.3 is 0 Å². The Morgan fingerprint density at radius 3 is 2.16 bits per heavy atom. The molecule has 1 saturated heterocycles. The Kier molecular flexibility index (Phi) is 6.42. The molecule has 0 bridgehead atoms. The number of piperazine rings is 1. The summed E-state index contributed by atoms with van der Waals surface area (Å²) in [5.41, 5.74) is 0.725. The maximum atomic E-state index is 13.1. The monoisotopic (exact) mass is 367 g/mol. The first kappa shape index (κ1) is 19.7. The number of guanidine groups is 1. The van der Waals surface area contributed by atoms with Gasteiger partial charge in [0.1, 0.15) is 0 Å². The largest absolute Gasteiger partial charge is 0.349 e. The summed E-state index contributed by atoms with van der Waals surface area (Å²) in [6, 6.07) is 7.16. The Morgan fingerprint density at radius 1 is 1.04 bits per heavy atom. The third kappa shape index (κ3) is 4.71. The second-order valence-electron chi connectivity index (χ2n) is 6.72. The van der Waals surface area contributed by atoms with Crippen LogP contribution in [0.3, 0.4) is 0 Å². The van der Waals surface area contributed by atoms with Crippen molar-refractivity contribution < 1.29 is 8.42 Å². The second-order valence-corrected chi connectivity index (χ2v) is 8.63. The predicted octanol–water partition coefficient (Wildman–Crippen LogP) is 0.602. The van der Waals surface area contributed by atoms with Gasteiger partial charge in [0.2, 0.25) is 10.0 Å². The van der Waals surface area contributed by atoms with Crippen LogP contribution in [0.15, 0.2) is 34.2 Å². The van der Waals surface area contributed by atoms with Crippen molar-refractivity contribution >= 4 is 16.0 Å². The highest BCUT2D eigenvalue weighted by Gasteiger charge is 2.29. The van der Waals surface area contributed by atoms with E-state index in [1.807, 2.05) is 57.2 Å². The van der Waals surface area contributed by atoms with Crippen molar-refractivity contribution in [1.82, 2.24) is 19.0 Å². The van der Waals surface area contributed by atoms with Gasteiger partial charge in [-0.1, -0.05) is 18.2 Å². The summed E-state index contributed by atoms with van der Waals surface area (Å²) in [4.78, 5) is 10.9. The van der Waals surface area contributed by atoms with Crippen LogP contribution in [0.5, 0.6) is 0 Å². The minimum absolute atomic E-state index is 0.328. The first-order chi connectivity index (χ1) is 11.7. The molecule has 140 valence electrons. The molecule has 7 nitrogen and oxygen atoms in total. The zero-order valence-electron chi connectivity index (χ0n) is 15.8. The van der Waals surface area contributed by atoms with Crippen LogP contribution in [0, 0.1) is 0 Å². The number of hydrogen-bond acceptors (Lipinski definition) is 4. The SMILES string of the molecule is CN1CCN(S(=O)(=O)c2ccccc2CN=C(N(C)C)N(C)C)CC1. The van der Waals surface area contributed by atoms with Gasteiger partial charge in [0.05, 0.1) is 11.4 Å². The molecule has 1 aromatic carbocycles. The molecule has 0 aliphatic carbocycles. The molecule has 25 heavy (non-hydrogen) atoms. The molecule has 1 fully saturated rings. The van der Waals surface area contributed by atoms with E-state index in [1.165, 1.54) is 0 Å². The van der Waals surface area contributed by atoms with Crippen LogP contribution in [0.1, 0.15) is 5.56 Å². The molecular formula is C17H29N5O2S. The van der Waals surface area contributed by atoms with E-state index in [-0.39, 0.29) is 0 Å². The second kappa shape index (κ2) is 8.16. The van der Waals surface area contributed by atoms with E-state index in [9.17, 15) is 8.42 Å². The van der Waals surface area contributed by atoms with Crippen LogP contribution in [0.2, 0.25) is 0 Å². The highest BCUT2D eigenvalue weighted by molar-refractivity contribution is 7.89. The zero-order chi connectivity index (χ0) is 18.6. The number of likely N-dealkylation sites (N-methyl/N-ethyl adjacent to an activating group) is 1. The van der Waals surface area contributed by atoms with Crippen molar-refractivity contribution in [2.45, 2.75) is 11.4 Å². The smallest absolute Gasteiger partial charge is 0.243 e. The normalized spacial score (nSPS) is 16.5.